The summed E-state index contributed by atoms with van der Waals surface area (Å²) >= 11 is 0. The minimum atomic E-state index is -0.224. The maximum Gasteiger partial charge on any atom is 0.214 e. The van der Waals surface area contributed by atoms with Gasteiger partial charge in [0.2, 0.25) is 5.78 Å². The summed E-state index contributed by atoms with van der Waals surface area (Å²) in [7, 11) is 0. The second-order valence-corrected chi connectivity index (χ2v) is 7.81. The summed E-state index contributed by atoms with van der Waals surface area (Å²) in [6.45, 7) is 2.25. The second kappa shape index (κ2) is 7.63. The van der Waals surface area contributed by atoms with Crippen molar-refractivity contribution in [3.05, 3.63) is 59.7 Å². The van der Waals surface area contributed by atoms with Crippen molar-refractivity contribution in [2.45, 2.75) is 39.0 Å². The Morgan fingerprint density at radius 2 is 1.75 bits per heavy atom. The smallest absolute Gasteiger partial charge is 0.214 e. The number of phenolic OH excluding ortho intramolecular Hbond substituents is 1. The third-order valence-electron chi connectivity index (χ3n) is 6.13. The summed E-state index contributed by atoms with van der Waals surface area (Å²) in [5.41, 5.74) is 9.70. The van der Waals surface area contributed by atoms with Crippen LogP contribution in [0.25, 0.3) is 5.57 Å². The molecule has 3 N–H and O–H groups in total. The van der Waals surface area contributed by atoms with Gasteiger partial charge < -0.3 is 10.8 Å². The normalized spacial score (nSPS) is 23.4. The molecule has 2 aliphatic carbocycles. The van der Waals surface area contributed by atoms with Crippen LogP contribution in [0.3, 0.4) is 0 Å². The number of anilines is 1. The Bertz CT molecular complexity index is 952. The Kier molecular flexibility index (Phi) is 5.03. The number of aromatic hydroxyl groups is 1. The number of rotatable bonds is 3. The minimum Gasteiger partial charge on any atom is -0.507 e. The molecule has 1 saturated carbocycles. The summed E-state index contributed by atoms with van der Waals surface area (Å²) in [6, 6.07) is 12.7. The van der Waals surface area contributed by atoms with E-state index >= 15 is 0 Å². The Balaban J connectivity index is 1.82. The van der Waals surface area contributed by atoms with E-state index in [2.05, 4.69) is 11.9 Å². The maximum atomic E-state index is 13.2. The summed E-state index contributed by atoms with van der Waals surface area (Å²) in [4.78, 5) is 17.8. The predicted octanol–water partition coefficient (Wildman–Crippen LogP) is 5.54. The van der Waals surface area contributed by atoms with Gasteiger partial charge in [0.1, 0.15) is 11.5 Å². The van der Waals surface area contributed by atoms with Crippen LogP contribution in [0.2, 0.25) is 0 Å². The summed E-state index contributed by atoms with van der Waals surface area (Å²) in [5, 5.41) is 10.6. The molecule has 0 bridgehead atoms. The number of hydrogen-bond donors (Lipinski definition) is 2. The number of Topliss-reactive ketones (excluding diaryl/α,β-unsaturated/α-hetero) is 1. The number of hydrogen-bond acceptors (Lipinski definition) is 4. The molecule has 2 aromatic rings. The Morgan fingerprint density at radius 1 is 1.04 bits per heavy atom. The van der Waals surface area contributed by atoms with Gasteiger partial charge in [0.25, 0.3) is 0 Å². The highest BCUT2D eigenvalue weighted by Gasteiger charge is 2.34. The fourth-order valence-corrected chi connectivity index (χ4v) is 4.49. The van der Waals surface area contributed by atoms with E-state index in [9.17, 15) is 9.90 Å². The number of nitrogens with zero attached hydrogens (tertiary/aromatic N) is 1. The first-order valence-corrected chi connectivity index (χ1v) is 10.1. The van der Waals surface area contributed by atoms with Gasteiger partial charge in [-0.25, -0.2) is 4.99 Å². The molecule has 0 spiro atoms. The third kappa shape index (κ3) is 3.35. The van der Waals surface area contributed by atoms with Crippen molar-refractivity contribution < 1.29 is 9.90 Å². The van der Waals surface area contributed by atoms with E-state index in [1.807, 2.05) is 36.4 Å². The Morgan fingerprint density at radius 3 is 2.43 bits per heavy atom. The standard InChI is InChI=1S/C24H26N2O2/c1-2-15-8-10-16(11-9-15)18-14-20(26-17-6-4-3-5-7-17)24(28)23-19(25)12-13-21(27)22(18)23/h3-7,12-16,27H,2,8-11,25H2,1H3. The van der Waals surface area contributed by atoms with Crippen molar-refractivity contribution in [1.82, 2.24) is 0 Å². The number of nitrogens with two attached hydrogens (primary N) is 1. The monoisotopic (exact) mass is 374 g/mol. The zero-order valence-electron chi connectivity index (χ0n) is 16.2. The van der Waals surface area contributed by atoms with E-state index in [0.29, 0.717) is 28.4 Å². The zero-order valence-corrected chi connectivity index (χ0v) is 16.2. The average Bonchev–Trinajstić information content (AvgIpc) is 2.73. The van der Waals surface area contributed by atoms with Gasteiger partial charge in [-0.15, -0.1) is 0 Å². The maximum absolute atomic E-state index is 13.2. The first-order chi connectivity index (χ1) is 13.6. The van der Waals surface area contributed by atoms with E-state index in [-0.39, 0.29) is 11.5 Å². The molecule has 4 rings (SSSR count). The molecule has 4 heteroatoms. The number of phenols is 1. The van der Waals surface area contributed by atoms with Crippen LogP contribution in [-0.2, 0) is 0 Å². The van der Waals surface area contributed by atoms with Crippen LogP contribution in [0.1, 0.15) is 54.9 Å². The van der Waals surface area contributed by atoms with Crippen LogP contribution < -0.4 is 5.73 Å². The summed E-state index contributed by atoms with van der Waals surface area (Å²) in [6.07, 6.45) is 7.56. The molecule has 28 heavy (non-hydrogen) atoms. The van der Waals surface area contributed by atoms with Crippen LogP contribution in [0, 0.1) is 11.8 Å². The molecule has 4 nitrogen and oxygen atoms in total. The summed E-state index contributed by atoms with van der Waals surface area (Å²) < 4.78 is 0. The second-order valence-electron chi connectivity index (χ2n) is 7.81. The Labute approximate surface area is 165 Å². The van der Waals surface area contributed by atoms with Crippen molar-refractivity contribution in [3.63, 3.8) is 0 Å². The highest BCUT2D eigenvalue weighted by atomic mass is 16.3. The lowest BCUT2D eigenvalue weighted by Gasteiger charge is -2.32. The number of allylic oxidation sites excluding steroid dienone is 2. The van der Waals surface area contributed by atoms with E-state index in [1.54, 1.807) is 12.1 Å². The number of fused-ring (bicyclic) bond motifs is 1. The largest absolute Gasteiger partial charge is 0.507 e. The van der Waals surface area contributed by atoms with Gasteiger partial charge in [-0.05, 0) is 73.4 Å². The lowest BCUT2D eigenvalue weighted by molar-refractivity contribution is 0.106. The quantitative estimate of drug-likeness (QED) is 0.547. The topological polar surface area (TPSA) is 75.7 Å². The van der Waals surface area contributed by atoms with Crippen molar-refractivity contribution in [2.24, 2.45) is 16.8 Å². The van der Waals surface area contributed by atoms with E-state index in [0.717, 1.165) is 30.0 Å². The van der Waals surface area contributed by atoms with Gasteiger partial charge in [-0.3, -0.25) is 4.79 Å². The minimum absolute atomic E-state index is 0.125. The van der Waals surface area contributed by atoms with Crippen LogP contribution in [-0.4, -0.2) is 16.6 Å². The van der Waals surface area contributed by atoms with Crippen molar-refractivity contribution >= 4 is 28.4 Å². The fourth-order valence-electron chi connectivity index (χ4n) is 4.49. The van der Waals surface area contributed by atoms with Gasteiger partial charge in [-0.1, -0.05) is 31.5 Å². The van der Waals surface area contributed by atoms with Gasteiger partial charge in [0, 0.05) is 11.3 Å². The van der Waals surface area contributed by atoms with Gasteiger partial charge in [0.05, 0.1) is 11.3 Å². The van der Waals surface area contributed by atoms with Gasteiger partial charge in [-0.2, -0.15) is 0 Å². The highest BCUT2D eigenvalue weighted by molar-refractivity contribution is 6.54. The average molecular weight is 374 g/mol. The lowest BCUT2D eigenvalue weighted by Crippen LogP contribution is -2.25. The molecule has 2 aromatic carbocycles. The van der Waals surface area contributed by atoms with Crippen LogP contribution >= 0.6 is 0 Å². The number of carbonyl (C=O) groups excluding carboxylic acids is 1. The number of nitrogen functional groups attached to an aromatic ring is 1. The molecule has 0 atom stereocenters. The molecule has 0 amide bonds. The molecule has 144 valence electrons. The molecule has 0 heterocycles. The highest BCUT2D eigenvalue weighted by Crippen LogP contribution is 2.45. The van der Waals surface area contributed by atoms with Crippen LogP contribution in [0.15, 0.2) is 53.5 Å². The van der Waals surface area contributed by atoms with Crippen LogP contribution in [0.5, 0.6) is 5.75 Å². The van der Waals surface area contributed by atoms with Crippen molar-refractivity contribution in [3.8, 4) is 5.75 Å². The molecule has 0 radical (unpaired) electrons. The lowest BCUT2D eigenvalue weighted by atomic mass is 9.72. The molecular formula is C24H26N2O2. The van der Waals surface area contributed by atoms with E-state index in [4.69, 9.17) is 5.73 Å². The Hall–Kier alpha value is -2.88. The molecule has 0 aliphatic heterocycles. The molecule has 0 aromatic heterocycles. The van der Waals surface area contributed by atoms with E-state index in [1.165, 1.54) is 19.3 Å². The fraction of sp³-hybridized carbons (Fsp3) is 0.333. The third-order valence-corrected chi connectivity index (χ3v) is 6.13. The number of para-hydroxylation sites is 1. The first-order valence-electron chi connectivity index (χ1n) is 10.1. The zero-order chi connectivity index (χ0) is 19.7. The molecule has 2 aliphatic rings. The van der Waals surface area contributed by atoms with Crippen LogP contribution in [0.4, 0.5) is 11.4 Å². The number of aliphatic imine (C=N–C) groups is 1. The van der Waals surface area contributed by atoms with E-state index < -0.39 is 0 Å². The summed E-state index contributed by atoms with van der Waals surface area (Å²) in [5.74, 6) is 0.982. The number of ketones is 1. The predicted molar refractivity (Wildman–Crippen MR) is 114 cm³/mol. The SMILES string of the molecule is CCC1CCC(C2=CC(=Nc3ccccc3)C(=O)c3c(N)ccc(O)c32)CC1. The molecular weight excluding hydrogens is 348 g/mol. The van der Waals surface area contributed by atoms with Gasteiger partial charge in [0.15, 0.2) is 0 Å². The number of carbonyl (C=O) groups is 1. The molecule has 0 saturated heterocycles. The molecule has 1 fully saturated rings. The molecule has 0 unspecified atom stereocenters. The van der Waals surface area contributed by atoms with Gasteiger partial charge >= 0.3 is 0 Å². The first kappa shape index (κ1) is 18.5. The van der Waals surface area contributed by atoms with Crippen molar-refractivity contribution in [1.29, 1.82) is 0 Å². The van der Waals surface area contributed by atoms with Crippen molar-refractivity contribution in [2.75, 3.05) is 5.73 Å². The number of benzene rings is 2.